The third-order valence-corrected chi connectivity index (χ3v) is 9.56. The van der Waals surface area contributed by atoms with Crippen LogP contribution in [0.2, 0.25) is 0 Å². The van der Waals surface area contributed by atoms with E-state index >= 15 is 0 Å². The lowest BCUT2D eigenvalue weighted by Crippen LogP contribution is -2.42. The molecule has 2 amide bonds. The van der Waals surface area contributed by atoms with E-state index in [1.54, 1.807) is 66.7 Å². The summed E-state index contributed by atoms with van der Waals surface area (Å²) in [5, 5.41) is 23.3. The predicted octanol–water partition coefficient (Wildman–Crippen LogP) is 3.06. The number of hydrogen-bond acceptors (Lipinski definition) is 8. The molecule has 14 heteroatoms. The molecule has 0 radical (unpaired) electrons. The zero-order chi connectivity index (χ0) is 31.4. The van der Waals surface area contributed by atoms with Crippen molar-refractivity contribution in [1.29, 1.82) is 5.41 Å². The van der Waals surface area contributed by atoms with Crippen molar-refractivity contribution >= 4 is 72.3 Å². The minimum absolute atomic E-state index is 0.0513. The lowest BCUT2D eigenvalue weighted by molar-refractivity contribution is -0.137. The molecule has 5 rings (SSSR count). The number of para-hydroxylation sites is 1. The van der Waals surface area contributed by atoms with Crippen LogP contribution in [0.4, 0.5) is 5.69 Å². The first kappa shape index (κ1) is 30.1. The molecule has 0 bridgehead atoms. The number of carbonyl (C=O) groups excluding carboxylic acids is 2. The second-order valence-corrected chi connectivity index (χ2v) is 12.6. The molecule has 224 valence electrons. The Balaban J connectivity index is 1.50. The quantitative estimate of drug-likeness (QED) is 0.108. The highest BCUT2D eigenvalue weighted by Gasteiger charge is 2.30. The van der Waals surface area contributed by atoms with Gasteiger partial charge >= 0.3 is 5.97 Å². The molecule has 0 unspecified atom stereocenters. The van der Waals surface area contributed by atoms with E-state index in [0.29, 0.717) is 26.6 Å². The monoisotopic (exact) mass is 630 g/mol. The number of pyridine rings is 1. The van der Waals surface area contributed by atoms with E-state index in [1.807, 2.05) is 0 Å². The molecule has 2 heterocycles. The van der Waals surface area contributed by atoms with E-state index in [-0.39, 0.29) is 34.4 Å². The number of carboxylic acid groups (broad SMARTS) is 1. The van der Waals surface area contributed by atoms with Gasteiger partial charge in [0, 0.05) is 22.0 Å². The normalized spacial score (nSPS) is 11.3. The number of nitrogen functional groups attached to an aromatic ring is 1. The number of nitrogens with one attached hydrogen (secondary N) is 3. The van der Waals surface area contributed by atoms with Gasteiger partial charge < -0.3 is 21.5 Å². The van der Waals surface area contributed by atoms with Gasteiger partial charge in [-0.05, 0) is 53.2 Å². The van der Waals surface area contributed by atoms with Crippen LogP contribution in [0.5, 0.6) is 0 Å². The number of aromatic nitrogens is 1. The third kappa shape index (κ3) is 6.35. The summed E-state index contributed by atoms with van der Waals surface area (Å²) >= 11 is 1.30. The number of nitrogens with two attached hydrogens (primary N) is 1. The fourth-order valence-electron chi connectivity index (χ4n) is 4.58. The molecule has 6 N–H and O–H groups in total. The summed E-state index contributed by atoms with van der Waals surface area (Å²) in [6.45, 7) is -1.16. The molecule has 0 saturated carbocycles. The summed E-state index contributed by atoms with van der Waals surface area (Å²) < 4.78 is 29.1. The van der Waals surface area contributed by atoms with Crippen LogP contribution in [-0.4, -0.2) is 55.2 Å². The summed E-state index contributed by atoms with van der Waals surface area (Å²) in [5.74, 6) is -2.51. The summed E-state index contributed by atoms with van der Waals surface area (Å²) in [5.41, 5.74) is 6.22. The van der Waals surface area contributed by atoms with E-state index in [2.05, 4.69) is 15.6 Å². The van der Waals surface area contributed by atoms with Gasteiger partial charge in [-0.1, -0.05) is 36.4 Å². The zero-order valence-electron chi connectivity index (χ0n) is 23.0. The second-order valence-electron chi connectivity index (χ2n) is 9.59. The topological polar surface area (TPSA) is 196 Å². The van der Waals surface area contributed by atoms with Crippen molar-refractivity contribution in [1.82, 2.24) is 15.6 Å². The average molecular weight is 631 g/mol. The number of carbonyl (C=O) groups is 3. The minimum atomic E-state index is -4.39. The van der Waals surface area contributed by atoms with Crippen LogP contribution in [0, 0.1) is 5.41 Å². The van der Waals surface area contributed by atoms with Gasteiger partial charge in [-0.25, -0.2) is 8.42 Å². The van der Waals surface area contributed by atoms with Crippen LogP contribution in [-0.2, 0) is 26.2 Å². The maximum atomic E-state index is 14.1. The Morgan fingerprint density at radius 3 is 2.45 bits per heavy atom. The molecular formula is C30H26N6O6S2. The van der Waals surface area contributed by atoms with Crippen LogP contribution in [0.3, 0.4) is 0 Å². The van der Waals surface area contributed by atoms with Gasteiger partial charge in [0.25, 0.3) is 15.9 Å². The Morgan fingerprint density at radius 1 is 0.955 bits per heavy atom. The number of sulfonamides is 1. The molecule has 0 fully saturated rings. The van der Waals surface area contributed by atoms with Crippen LogP contribution in [0.15, 0.2) is 90.0 Å². The van der Waals surface area contributed by atoms with Crippen molar-refractivity contribution in [2.24, 2.45) is 5.73 Å². The first-order valence-corrected chi connectivity index (χ1v) is 15.4. The van der Waals surface area contributed by atoms with Crippen LogP contribution >= 0.6 is 11.3 Å². The van der Waals surface area contributed by atoms with E-state index in [0.717, 1.165) is 9.18 Å². The summed E-state index contributed by atoms with van der Waals surface area (Å²) in [4.78, 5) is 42.4. The maximum Gasteiger partial charge on any atom is 0.322 e. The number of benzene rings is 3. The second kappa shape index (κ2) is 12.5. The van der Waals surface area contributed by atoms with Crippen molar-refractivity contribution < 1.29 is 27.9 Å². The standard InChI is InChI=1S/C30H26N6O6S2/c31-29(32)24-12-10-21(43-24)15-35-30(40)23-7-1-5-19-14-20(9-11-22(19)23)36(17-26(37)34-16-27(38)39)44(41,42)25-8-2-4-18-6-3-13-33-28(18)25/h1-14H,15-17H2,(H3,31,32)(H,34,37)(H,35,40)(H,38,39). The molecular weight excluding hydrogens is 605 g/mol. The zero-order valence-corrected chi connectivity index (χ0v) is 24.6. The molecule has 0 spiro atoms. The number of aliphatic carboxylic acids is 1. The Kier molecular flexibility index (Phi) is 8.55. The van der Waals surface area contributed by atoms with E-state index in [4.69, 9.17) is 16.2 Å². The molecule has 5 aromatic rings. The largest absolute Gasteiger partial charge is 0.480 e. The number of nitrogens with zero attached hydrogens (tertiary/aromatic N) is 2. The van der Waals surface area contributed by atoms with Gasteiger partial charge in [0.15, 0.2) is 0 Å². The molecule has 0 aliphatic rings. The lowest BCUT2D eigenvalue weighted by Gasteiger charge is -2.25. The lowest BCUT2D eigenvalue weighted by atomic mass is 10.0. The Hall–Kier alpha value is -5.34. The molecule has 0 atom stereocenters. The first-order chi connectivity index (χ1) is 21.0. The van der Waals surface area contributed by atoms with Gasteiger partial charge in [-0.3, -0.25) is 29.1 Å². The summed E-state index contributed by atoms with van der Waals surface area (Å²) in [7, 11) is -4.39. The average Bonchev–Trinajstić information content (AvgIpc) is 3.50. The number of thiophene rings is 1. The number of amidine groups is 1. The highest BCUT2D eigenvalue weighted by atomic mass is 32.2. The molecule has 12 nitrogen and oxygen atoms in total. The SMILES string of the molecule is N=C(N)c1ccc(CNC(=O)c2cccc3cc(N(CC(=O)NCC(=O)O)S(=O)(=O)c4cccc5cccnc45)ccc23)s1. The van der Waals surface area contributed by atoms with Crippen molar-refractivity contribution in [3.05, 3.63) is 100 Å². The van der Waals surface area contributed by atoms with Gasteiger partial charge in [-0.15, -0.1) is 11.3 Å². The molecule has 3 aromatic carbocycles. The van der Waals surface area contributed by atoms with Crippen LogP contribution in [0.25, 0.3) is 21.7 Å². The van der Waals surface area contributed by atoms with Crippen LogP contribution in [0.1, 0.15) is 20.1 Å². The molecule has 0 aliphatic heterocycles. The summed E-state index contributed by atoms with van der Waals surface area (Å²) in [6.07, 6.45) is 1.47. The first-order valence-electron chi connectivity index (χ1n) is 13.1. The van der Waals surface area contributed by atoms with Gasteiger partial charge in [-0.2, -0.15) is 0 Å². The number of fused-ring (bicyclic) bond motifs is 2. The molecule has 2 aromatic heterocycles. The van der Waals surface area contributed by atoms with Gasteiger partial charge in [0.1, 0.15) is 23.8 Å². The number of amides is 2. The van der Waals surface area contributed by atoms with E-state index in [9.17, 15) is 22.8 Å². The van der Waals surface area contributed by atoms with Gasteiger partial charge in [0.2, 0.25) is 5.91 Å². The van der Waals surface area contributed by atoms with Crippen LogP contribution < -0.4 is 20.7 Å². The smallest absolute Gasteiger partial charge is 0.322 e. The summed E-state index contributed by atoms with van der Waals surface area (Å²) in [6, 6.07) is 21.2. The number of hydrogen-bond donors (Lipinski definition) is 5. The fraction of sp³-hybridized carbons (Fsp3) is 0.100. The fourth-order valence-corrected chi connectivity index (χ4v) is 6.97. The Morgan fingerprint density at radius 2 is 1.70 bits per heavy atom. The van der Waals surface area contributed by atoms with Crippen molar-refractivity contribution in [3.8, 4) is 0 Å². The van der Waals surface area contributed by atoms with Gasteiger partial charge in [0.05, 0.1) is 22.6 Å². The highest BCUT2D eigenvalue weighted by Crippen LogP contribution is 2.31. The van der Waals surface area contributed by atoms with Crippen molar-refractivity contribution in [2.45, 2.75) is 11.4 Å². The van der Waals surface area contributed by atoms with E-state index < -0.39 is 35.0 Å². The molecule has 44 heavy (non-hydrogen) atoms. The predicted molar refractivity (Wildman–Crippen MR) is 167 cm³/mol. The number of rotatable bonds is 11. The number of carboxylic acids is 1. The number of anilines is 1. The Labute approximate surface area is 255 Å². The molecule has 0 aliphatic carbocycles. The highest BCUT2D eigenvalue weighted by molar-refractivity contribution is 7.93. The van der Waals surface area contributed by atoms with Crippen molar-refractivity contribution in [3.63, 3.8) is 0 Å². The van der Waals surface area contributed by atoms with Crippen molar-refractivity contribution in [2.75, 3.05) is 17.4 Å². The Bertz CT molecular complexity index is 2040. The maximum absolute atomic E-state index is 14.1. The third-order valence-electron chi connectivity index (χ3n) is 6.63. The van der Waals surface area contributed by atoms with E-state index in [1.165, 1.54) is 29.7 Å². The minimum Gasteiger partial charge on any atom is -0.480 e. The molecule has 0 saturated heterocycles.